The van der Waals surface area contributed by atoms with Crippen molar-refractivity contribution in [2.75, 3.05) is 0 Å². The number of allylic oxidation sites excluding steroid dienone is 5. The van der Waals surface area contributed by atoms with E-state index in [0.717, 1.165) is 39.0 Å². The van der Waals surface area contributed by atoms with Crippen molar-refractivity contribution in [2.45, 2.75) is 60.8 Å². The number of hydrogen-bond donors (Lipinski definition) is 0. The van der Waals surface area contributed by atoms with Gasteiger partial charge >= 0.3 is 0 Å². The Hall–Kier alpha value is -3.45. The molecule has 5 rings (SSSR count). The zero-order chi connectivity index (χ0) is 26.0. The van der Waals surface area contributed by atoms with E-state index in [1.54, 1.807) is 0 Å². The molecule has 0 aliphatic heterocycles. The Balaban J connectivity index is 1.78. The van der Waals surface area contributed by atoms with Crippen molar-refractivity contribution in [1.29, 1.82) is 0 Å². The highest BCUT2D eigenvalue weighted by Crippen LogP contribution is 2.50. The number of fused-ring (bicyclic) bond motifs is 3. The number of carbonyl (C=O) groups excluding carboxylic acids is 1. The monoisotopic (exact) mass is 472 g/mol. The third-order valence-electron chi connectivity index (χ3n) is 7.57. The molecule has 2 aliphatic carbocycles. The first kappa shape index (κ1) is 24.3. The van der Waals surface area contributed by atoms with Gasteiger partial charge in [0.25, 0.3) is 0 Å². The van der Waals surface area contributed by atoms with Crippen LogP contribution in [0.25, 0.3) is 28.3 Å². The lowest BCUT2D eigenvalue weighted by atomic mass is 9.73. The van der Waals surface area contributed by atoms with Crippen molar-refractivity contribution in [1.82, 2.24) is 0 Å². The van der Waals surface area contributed by atoms with Gasteiger partial charge < -0.3 is 0 Å². The molecule has 0 unspecified atom stereocenters. The van der Waals surface area contributed by atoms with Crippen LogP contribution in [0.4, 0.5) is 0 Å². The smallest absolute Gasteiger partial charge is 0.194 e. The highest BCUT2D eigenvalue weighted by molar-refractivity contribution is 6.39. The van der Waals surface area contributed by atoms with Crippen LogP contribution < -0.4 is 0 Å². The van der Waals surface area contributed by atoms with Crippen LogP contribution in [0.15, 0.2) is 77.9 Å². The van der Waals surface area contributed by atoms with Gasteiger partial charge in [0.2, 0.25) is 0 Å². The van der Waals surface area contributed by atoms with E-state index in [0.29, 0.717) is 0 Å². The summed E-state index contributed by atoms with van der Waals surface area (Å²) in [7, 11) is 0. The van der Waals surface area contributed by atoms with Gasteiger partial charge in [-0.3, -0.25) is 4.79 Å². The highest BCUT2D eigenvalue weighted by Gasteiger charge is 2.37. The van der Waals surface area contributed by atoms with E-state index in [-0.39, 0.29) is 16.6 Å². The average Bonchev–Trinajstić information content (AvgIpc) is 3.16. The number of hydrogen-bond acceptors (Lipinski definition) is 1. The number of rotatable bonds is 2. The fraction of sp³-hybridized carbons (Fsp3) is 0.286. The molecule has 0 heterocycles. The standard InChI is InChI=1S/C35H36O/c1-21-13-9-11-15-24(21)28-17-23-18-29-27(26(23)19-30(28)34(3,4)5)20-31(35(6,7)8)32(33(29)36)25-16-12-10-14-22(25)2/h9-20H,1-8H3. The SMILES string of the molecule is Cc1ccccc1C1=C(C(C)(C)C)C=C2C(=Cc3cc(-c4ccccc4C)c(C(C)(C)C)cc32)C1=O. The van der Waals surface area contributed by atoms with E-state index in [1.165, 1.54) is 27.8 Å². The molecule has 0 radical (unpaired) electrons. The molecule has 2 aliphatic rings. The Morgan fingerprint density at radius 1 is 0.583 bits per heavy atom. The Kier molecular flexibility index (Phi) is 5.59. The van der Waals surface area contributed by atoms with E-state index in [9.17, 15) is 4.79 Å². The number of carbonyl (C=O) groups is 1. The summed E-state index contributed by atoms with van der Waals surface area (Å²) in [6.45, 7) is 17.7. The molecule has 0 N–H and O–H groups in total. The molecule has 0 spiro atoms. The molecule has 0 saturated carbocycles. The van der Waals surface area contributed by atoms with E-state index in [4.69, 9.17) is 0 Å². The Bertz CT molecular complexity index is 1510. The van der Waals surface area contributed by atoms with E-state index < -0.39 is 0 Å². The third-order valence-corrected chi connectivity index (χ3v) is 7.57. The third kappa shape index (κ3) is 3.91. The minimum atomic E-state index is -0.164. The molecule has 1 nitrogen and oxygen atoms in total. The van der Waals surface area contributed by atoms with Gasteiger partial charge in [-0.05, 0) is 105 Å². The van der Waals surface area contributed by atoms with Crippen molar-refractivity contribution in [3.05, 3.63) is 111 Å². The van der Waals surface area contributed by atoms with Crippen LogP contribution in [0.2, 0.25) is 0 Å². The maximum Gasteiger partial charge on any atom is 0.194 e. The minimum absolute atomic E-state index is 0.0381. The molecule has 0 aromatic heterocycles. The van der Waals surface area contributed by atoms with Crippen molar-refractivity contribution < 1.29 is 4.79 Å². The summed E-state index contributed by atoms with van der Waals surface area (Å²) in [5.41, 5.74) is 13.2. The largest absolute Gasteiger partial charge is 0.289 e. The van der Waals surface area contributed by atoms with Gasteiger partial charge in [0.05, 0.1) is 0 Å². The van der Waals surface area contributed by atoms with E-state index in [1.807, 2.05) is 12.1 Å². The van der Waals surface area contributed by atoms with Gasteiger partial charge in [-0.2, -0.15) is 0 Å². The molecular weight excluding hydrogens is 436 g/mol. The van der Waals surface area contributed by atoms with Gasteiger partial charge in [0.1, 0.15) is 0 Å². The van der Waals surface area contributed by atoms with Crippen LogP contribution in [0, 0.1) is 19.3 Å². The normalized spacial score (nSPS) is 15.5. The maximum absolute atomic E-state index is 14.2. The van der Waals surface area contributed by atoms with Crippen LogP contribution in [-0.2, 0) is 10.2 Å². The van der Waals surface area contributed by atoms with Crippen molar-refractivity contribution >= 4 is 23.0 Å². The van der Waals surface area contributed by atoms with Crippen LogP contribution >= 0.6 is 0 Å². The fourth-order valence-electron chi connectivity index (χ4n) is 5.60. The maximum atomic E-state index is 14.2. The zero-order valence-corrected chi connectivity index (χ0v) is 22.8. The minimum Gasteiger partial charge on any atom is -0.289 e. The molecule has 36 heavy (non-hydrogen) atoms. The topological polar surface area (TPSA) is 17.1 Å². The number of aryl methyl sites for hydroxylation is 2. The molecule has 0 amide bonds. The molecule has 0 fully saturated rings. The van der Waals surface area contributed by atoms with Crippen LogP contribution in [0.1, 0.15) is 74.9 Å². The van der Waals surface area contributed by atoms with Gasteiger partial charge in [-0.25, -0.2) is 0 Å². The quantitative estimate of drug-likeness (QED) is 0.363. The molecule has 182 valence electrons. The Labute approximate surface area is 216 Å². The summed E-state index contributed by atoms with van der Waals surface area (Å²) >= 11 is 0. The number of ketones is 1. The average molecular weight is 473 g/mol. The summed E-state index contributed by atoms with van der Waals surface area (Å²) < 4.78 is 0. The molecule has 0 bridgehead atoms. The van der Waals surface area contributed by atoms with E-state index in [2.05, 4.69) is 116 Å². The Morgan fingerprint density at radius 3 is 1.72 bits per heavy atom. The lowest BCUT2D eigenvalue weighted by Gasteiger charge is -2.30. The predicted octanol–water partition coefficient (Wildman–Crippen LogP) is 9.13. The van der Waals surface area contributed by atoms with Gasteiger partial charge in [0, 0.05) is 11.1 Å². The summed E-state index contributed by atoms with van der Waals surface area (Å²) in [6.07, 6.45) is 4.41. The molecular formula is C35H36O. The van der Waals surface area contributed by atoms with Crippen LogP contribution in [0.5, 0.6) is 0 Å². The molecule has 0 atom stereocenters. The number of benzene rings is 3. The van der Waals surface area contributed by atoms with Crippen molar-refractivity contribution in [3.63, 3.8) is 0 Å². The van der Waals surface area contributed by atoms with Crippen LogP contribution in [-0.4, -0.2) is 5.78 Å². The van der Waals surface area contributed by atoms with Gasteiger partial charge in [-0.15, -0.1) is 0 Å². The number of Topliss-reactive ketones (excluding diaryl/α,β-unsaturated/α-hetero) is 1. The second kappa shape index (κ2) is 8.30. The molecule has 0 saturated heterocycles. The highest BCUT2D eigenvalue weighted by atomic mass is 16.1. The Morgan fingerprint density at radius 2 is 1.17 bits per heavy atom. The summed E-state index contributed by atoms with van der Waals surface area (Å²) in [5.74, 6) is 0.137. The van der Waals surface area contributed by atoms with Crippen LogP contribution in [0.3, 0.4) is 0 Å². The first-order valence-electron chi connectivity index (χ1n) is 12.9. The molecule has 1 heteroatoms. The zero-order valence-electron chi connectivity index (χ0n) is 22.8. The predicted molar refractivity (Wildman–Crippen MR) is 154 cm³/mol. The summed E-state index contributed by atoms with van der Waals surface area (Å²) in [6, 6.07) is 21.5. The lowest BCUT2D eigenvalue weighted by molar-refractivity contribution is -0.110. The fourth-order valence-corrected chi connectivity index (χ4v) is 5.60. The molecule has 3 aromatic rings. The first-order valence-corrected chi connectivity index (χ1v) is 12.9. The van der Waals surface area contributed by atoms with E-state index >= 15 is 0 Å². The lowest BCUT2D eigenvalue weighted by Crippen LogP contribution is -2.20. The van der Waals surface area contributed by atoms with Crippen molar-refractivity contribution in [3.8, 4) is 11.1 Å². The van der Waals surface area contributed by atoms with Gasteiger partial charge in [0.15, 0.2) is 5.78 Å². The van der Waals surface area contributed by atoms with Gasteiger partial charge in [-0.1, -0.05) is 90.1 Å². The second-order valence-corrected chi connectivity index (χ2v) is 12.3. The van der Waals surface area contributed by atoms with Crippen molar-refractivity contribution in [2.24, 2.45) is 5.41 Å². The summed E-state index contributed by atoms with van der Waals surface area (Å²) in [5, 5.41) is 0. The summed E-state index contributed by atoms with van der Waals surface area (Å²) in [4.78, 5) is 14.2. The molecule has 3 aromatic carbocycles. The first-order chi connectivity index (χ1) is 16.9. The second-order valence-electron chi connectivity index (χ2n) is 12.3.